The fourth-order valence-electron chi connectivity index (χ4n) is 1.47. The Morgan fingerprint density at radius 1 is 1.75 bits per heavy atom. The van der Waals surface area contributed by atoms with Gasteiger partial charge in [0.2, 0.25) is 5.91 Å². The SMILES string of the molecule is CC(=O)NC(C)CCC1CCN1. The molecule has 2 atom stereocenters. The molecule has 0 aromatic carbocycles. The van der Waals surface area contributed by atoms with E-state index in [2.05, 4.69) is 17.6 Å². The van der Waals surface area contributed by atoms with Crippen LogP contribution in [0.15, 0.2) is 0 Å². The Balaban J connectivity index is 2.00. The fourth-order valence-corrected chi connectivity index (χ4v) is 1.47. The molecule has 0 aromatic heterocycles. The lowest BCUT2D eigenvalue weighted by molar-refractivity contribution is -0.119. The zero-order valence-electron chi connectivity index (χ0n) is 7.89. The Morgan fingerprint density at radius 3 is 2.83 bits per heavy atom. The average Bonchev–Trinajstić information content (AvgIpc) is 1.81. The highest BCUT2D eigenvalue weighted by molar-refractivity contribution is 5.73. The third-order valence-electron chi connectivity index (χ3n) is 2.32. The minimum atomic E-state index is 0.0732. The molecule has 0 spiro atoms. The normalized spacial score (nSPS) is 24.3. The number of carbonyl (C=O) groups excluding carboxylic acids is 1. The van der Waals surface area contributed by atoms with Crippen molar-refractivity contribution in [2.24, 2.45) is 0 Å². The minimum absolute atomic E-state index is 0.0732. The van der Waals surface area contributed by atoms with Crippen molar-refractivity contribution in [2.75, 3.05) is 6.54 Å². The molecule has 0 bridgehead atoms. The standard InChI is InChI=1S/C9H18N2O/c1-7(11-8(2)12)3-4-9-5-6-10-9/h7,9-10H,3-6H2,1-2H3,(H,11,12). The second-order valence-corrected chi connectivity index (χ2v) is 3.62. The monoisotopic (exact) mass is 170 g/mol. The summed E-state index contributed by atoms with van der Waals surface area (Å²) in [6, 6.07) is 1.03. The van der Waals surface area contributed by atoms with Gasteiger partial charge < -0.3 is 10.6 Å². The number of hydrogen-bond acceptors (Lipinski definition) is 2. The molecule has 2 N–H and O–H groups in total. The van der Waals surface area contributed by atoms with Gasteiger partial charge in [-0.2, -0.15) is 0 Å². The Morgan fingerprint density at radius 2 is 2.42 bits per heavy atom. The predicted molar refractivity (Wildman–Crippen MR) is 48.9 cm³/mol. The molecule has 1 rings (SSSR count). The highest BCUT2D eigenvalue weighted by Gasteiger charge is 2.16. The maximum atomic E-state index is 10.7. The van der Waals surface area contributed by atoms with Gasteiger partial charge >= 0.3 is 0 Å². The third kappa shape index (κ3) is 3.22. The third-order valence-corrected chi connectivity index (χ3v) is 2.32. The van der Waals surface area contributed by atoms with Crippen LogP contribution in [0.1, 0.15) is 33.1 Å². The van der Waals surface area contributed by atoms with Gasteiger partial charge in [-0.05, 0) is 32.7 Å². The summed E-state index contributed by atoms with van der Waals surface area (Å²) in [6.45, 7) is 4.79. The minimum Gasteiger partial charge on any atom is -0.354 e. The molecular formula is C9H18N2O. The molecule has 1 amide bonds. The summed E-state index contributed by atoms with van der Waals surface area (Å²) >= 11 is 0. The molecule has 1 aliphatic heterocycles. The van der Waals surface area contributed by atoms with Crippen molar-refractivity contribution < 1.29 is 4.79 Å². The van der Waals surface area contributed by atoms with Gasteiger partial charge in [-0.15, -0.1) is 0 Å². The molecule has 1 saturated heterocycles. The maximum absolute atomic E-state index is 10.7. The van der Waals surface area contributed by atoms with E-state index < -0.39 is 0 Å². The molecular weight excluding hydrogens is 152 g/mol. The van der Waals surface area contributed by atoms with Gasteiger partial charge in [0.25, 0.3) is 0 Å². The van der Waals surface area contributed by atoms with Crippen LogP contribution >= 0.6 is 0 Å². The van der Waals surface area contributed by atoms with Crippen molar-refractivity contribution in [1.29, 1.82) is 0 Å². The van der Waals surface area contributed by atoms with Gasteiger partial charge in [0.15, 0.2) is 0 Å². The van der Waals surface area contributed by atoms with Crippen LogP contribution in [0.5, 0.6) is 0 Å². The largest absolute Gasteiger partial charge is 0.354 e. The van der Waals surface area contributed by atoms with Crippen molar-refractivity contribution in [1.82, 2.24) is 10.6 Å². The lowest BCUT2D eigenvalue weighted by Crippen LogP contribution is -2.43. The van der Waals surface area contributed by atoms with Crippen LogP contribution in [0.3, 0.4) is 0 Å². The molecule has 3 heteroatoms. The summed E-state index contributed by atoms with van der Waals surface area (Å²) in [4.78, 5) is 10.7. The zero-order valence-corrected chi connectivity index (χ0v) is 7.89. The van der Waals surface area contributed by atoms with Crippen LogP contribution in [-0.4, -0.2) is 24.5 Å². The predicted octanol–water partition coefficient (Wildman–Crippen LogP) is 0.653. The van der Waals surface area contributed by atoms with E-state index in [1.807, 2.05) is 0 Å². The molecule has 0 aliphatic carbocycles. The first-order valence-corrected chi connectivity index (χ1v) is 4.69. The van der Waals surface area contributed by atoms with Crippen LogP contribution < -0.4 is 10.6 Å². The number of carbonyl (C=O) groups is 1. The molecule has 2 unspecified atom stereocenters. The van der Waals surface area contributed by atoms with Gasteiger partial charge in [0.1, 0.15) is 0 Å². The summed E-state index contributed by atoms with van der Waals surface area (Å²) < 4.78 is 0. The van der Waals surface area contributed by atoms with Crippen molar-refractivity contribution in [3.8, 4) is 0 Å². The summed E-state index contributed by atoms with van der Waals surface area (Å²) in [6.07, 6.45) is 3.56. The summed E-state index contributed by atoms with van der Waals surface area (Å²) in [5, 5.41) is 6.22. The summed E-state index contributed by atoms with van der Waals surface area (Å²) in [5.41, 5.74) is 0. The number of rotatable bonds is 4. The van der Waals surface area contributed by atoms with Crippen molar-refractivity contribution in [3.63, 3.8) is 0 Å². The first kappa shape index (κ1) is 9.52. The molecule has 3 nitrogen and oxygen atoms in total. The van der Waals surface area contributed by atoms with E-state index in [-0.39, 0.29) is 5.91 Å². The number of nitrogens with one attached hydrogen (secondary N) is 2. The van der Waals surface area contributed by atoms with Crippen molar-refractivity contribution in [2.45, 2.75) is 45.2 Å². The highest BCUT2D eigenvalue weighted by atomic mass is 16.1. The second-order valence-electron chi connectivity index (χ2n) is 3.62. The van der Waals surface area contributed by atoms with Gasteiger partial charge in [-0.3, -0.25) is 4.79 Å². The molecule has 0 saturated carbocycles. The molecule has 1 fully saturated rings. The first-order chi connectivity index (χ1) is 5.68. The number of hydrogen-bond donors (Lipinski definition) is 2. The van der Waals surface area contributed by atoms with E-state index in [4.69, 9.17) is 0 Å². The van der Waals surface area contributed by atoms with Crippen molar-refractivity contribution in [3.05, 3.63) is 0 Å². The number of amides is 1. The van der Waals surface area contributed by atoms with E-state index in [1.54, 1.807) is 6.92 Å². The highest BCUT2D eigenvalue weighted by Crippen LogP contribution is 2.10. The molecule has 0 aromatic rings. The van der Waals surface area contributed by atoms with Crippen LogP contribution in [0, 0.1) is 0 Å². The molecule has 0 radical (unpaired) electrons. The first-order valence-electron chi connectivity index (χ1n) is 4.69. The quantitative estimate of drug-likeness (QED) is 0.650. The van der Waals surface area contributed by atoms with E-state index in [0.29, 0.717) is 12.1 Å². The molecule has 70 valence electrons. The van der Waals surface area contributed by atoms with Crippen LogP contribution in [0.2, 0.25) is 0 Å². The van der Waals surface area contributed by atoms with Crippen LogP contribution in [-0.2, 0) is 4.79 Å². The van der Waals surface area contributed by atoms with E-state index in [9.17, 15) is 4.79 Å². The Hall–Kier alpha value is -0.570. The molecule has 1 aliphatic rings. The smallest absolute Gasteiger partial charge is 0.217 e. The second kappa shape index (κ2) is 4.45. The molecule has 1 heterocycles. The lowest BCUT2D eigenvalue weighted by atomic mass is 9.99. The topological polar surface area (TPSA) is 41.1 Å². The van der Waals surface area contributed by atoms with Crippen LogP contribution in [0.25, 0.3) is 0 Å². The Labute approximate surface area is 73.9 Å². The maximum Gasteiger partial charge on any atom is 0.217 e. The average molecular weight is 170 g/mol. The van der Waals surface area contributed by atoms with Crippen molar-refractivity contribution >= 4 is 5.91 Å². The van der Waals surface area contributed by atoms with Gasteiger partial charge in [-0.25, -0.2) is 0 Å². The van der Waals surface area contributed by atoms with Gasteiger partial charge in [0.05, 0.1) is 0 Å². The summed E-state index contributed by atoms with van der Waals surface area (Å²) in [5.74, 6) is 0.0732. The van der Waals surface area contributed by atoms with Crippen LogP contribution in [0.4, 0.5) is 0 Å². The van der Waals surface area contributed by atoms with E-state index >= 15 is 0 Å². The molecule has 12 heavy (non-hydrogen) atoms. The summed E-state index contributed by atoms with van der Waals surface area (Å²) in [7, 11) is 0. The Bertz CT molecular complexity index is 155. The fraction of sp³-hybridized carbons (Fsp3) is 0.889. The van der Waals surface area contributed by atoms with Gasteiger partial charge in [0, 0.05) is 19.0 Å². The Kier molecular flexibility index (Phi) is 3.53. The zero-order chi connectivity index (χ0) is 8.97. The van der Waals surface area contributed by atoms with Gasteiger partial charge in [-0.1, -0.05) is 0 Å². The lowest BCUT2D eigenvalue weighted by Gasteiger charge is -2.28. The van der Waals surface area contributed by atoms with E-state index in [1.165, 1.54) is 19.4 Å². The van der Waals surface area contributed by atoms with E-state index in [0.717, 1.165) is 6.42 Å².